The molecule has 0 radical (unpaired) electrons. The van der Waals surface area contributed by atoms with Gasteiger partial charge in [-0.05, 0) is 58.3 Å². The third-order valence-electron chi connectivity index (χ3n) is 3.55. The Balaban J connectivity index is 1.56. The molecule has 0 amide bonds. The zero-order valence-corrected chi connectivity index (χ0v) is 11.8. The van der Waals surface area contributed by atoms with Crippen LogP contribution in [-0.2, 0) is 6.54 Å². The molecule has 0 unspecified atom stereocenters. The normalized spacial score (nSPS) is 15.3. The van der Waals surface area contributed by atoms with E-state index in [1.54, 1.807) is 0 Å². The van der Waals surface area contributed by atoms with E-state index in [9.17, 15) is 0 Å². The Morgan fingerprint density at radius 1 is 1.17 bits per heavy atom. The number of benzene rings is 1. The molecule has 18 heavy (non-hydrogen) atoms. The largest absolute Gasteiger partial charge is 0.314 e. The summed E-state index contributed by atoms with van der Waals surface area (Å²) in [5, 5.41) is 3.57. The summed E-state index contributed by atoms with van der Waals surface area (Å²) in [6, 6.07) is 9.72. The van der Waals surface area contributed by atoms with E-state index in [1.165, 1.54) is 49.9 Å². The second kappa shape index (κ2) is 6.91. The Labute approximate surface area is 111 Å². The van der Waals surface area contributed by atoms with Gasteiger partial charge < -0.3 is 10.2 Å². The molecule has 1 aromatic carbocycles. The summed E-state index contributed by atoms with van der Waals surface area (Å²) < 4.78 is 0. The van der Waals surface area contributed by atoms with Crippen LogP contribution in [0.25, 0.3) is 0 Å². The molecule has 1 fully saturated rings. The molecule has 0 saturated heterocycles. The molecule has 0 aliphatic heterocycles. The van der Waals surface area contributed by atoms with Crippen LogP contribution < -0.4 is 5.32 Å². The van der Waals surface area contributed by atoms with E-state index in [4.69, 9.17) is 0 Å². The van der Waals surface area contributed by atoms with Crippen LogP contribution in [-0.4, -0.2) is 31.1 Å². The standard InChI is InChI=1S/C16H26N2/c1-14-5-7-15(8-6-14)13-18(2)12-4-3-11-17-16-9-10-16/h5-8,16-17H,3-4,9-13H2,1-2H3. The minimum absolute atomic E-state index is 0.857. The van der Waals surface area contributed by atoms with Gasteiger partial charge in [0.05, 0.1) is 0 Å². The molecule has 2 heteroatoms. The summed E-state index contributed by atoms with van der Waals surface area (Å²) in [4.78, 5) is 2.42. The maximum atomic E-state index is 3.57. The van der Waals surface area contributed by atoms with Crippen molar-refractivity contribution in [1.29, 1.82) is 0 Å². The molecule has 1 aliphatic carbocycles. The van der Waals surface area contributed by atoms with Crippen LogP contribution in [0, 0.1) is 6.92 Å². The van der Waals surface area contributed by atoms with E-state index in [1.807, 2.05) is 0 Å². The molecule has 0 aromatic heterocycles. The fourth-order valence-electron chi connectivity index (χ4n) is 2.18. The number of unbranched alkanes of at least 4 members (excludes halogenated alkanes) is 1. The highest BCUT2D eigenvalue weighted by Crippen LogP contribution is 2.18. The molecule has 1 saturated carbocycles. The lowest BCUT2D eigenvalue weighted by Gasteiger charge is -2.16. The summed E-state index contributed by atoms with van der Waals surface area (Å²) in [5.41, 5.74) is 2.76. The van der Waals surface area contributed by atoms with Crippen molar-refractivity contribution in [2.24, 2.45) is 0 Å². The number of nitrogens with zero attached hydrogens (tertiary/aromatic N) is 1. The average molecular weight is 246 g/mol. The molecule has 0 heterocycles. The van der Waals surface area contributed by atoms with E-state index < -0.39 is 0 Å². The van der Waals surface area contributed by atoms with Crippen molar-refractivity contribution in [3.05, 3.63) is 35.4 Å². The van der Waals surface area contributed by atoms with Crippen molar-refractivity contribution in [3.63, 3.8) is 0 Å². The number of nitrogens with one attached hydrogen (secondary N) is 1. The number of aryl methyl sites for hydroxylation is 1. The van der Waals surface area contributed by atoms with Gasteiger partial charge in [0, 0.05) is 12.6 Å². The second-order valence-corrected chi connectivity index (χ2v) is 5.66. The minimum atomic E-state index is 0.857. The average Bonchev–Trinajstić information content (AvgIpc) is 3.16. The predicted molar refractivity (Wildman–Crippen MR) is 77.8 cm³/mol. The lowest BCUT2D eigenvalue weighted by molar-refractivity contribution is 0.317. The maximum absolute atomic E-state index is 3.57. The van der Waals surface area contributed by atoms with Gasteiger partial charge in [0.1, 0.15) is 0 Å². The van der Waals surface area contributed by atoms with Gasteiger partial charge in [-0.1, -0.05) is 29.8 Å². The lowest BCUT2D eigenvalue weighted by atomic mass is 10.1. The Bertz CT molecular complexity index is 341. The topological polar surface area (TPSA) is 15.3 Å². The summed E-state index contributed by atoms with van der Waals surface area (Å²) >= 11 is 0. The van der Waals surface area contributed by atoms with Crippen molar-refractivity contribution in [2.45, 2.75) is 45.2 Å². The number of hydrogen-bond donors (Lipinski definition) is 1. The van der Waals surface area contributed by atoms with Gasteiger partial charge in [0.25, 0.3) is 0 Å². The van der Waals surface area contributed by atoms with Crippen LogP contribution in [0.5, 0.6) is 0 Å². The van der Waals surface area contributed by atoms with Gasteiger partial charge in [0.15, 0.2) is 0 Å². The molecule has 1 aromatic rings. The Morgan fingerprint density at radius 3 is 2.56 bits per heavy atom. The summed E-state index contributed by atoms with van der Waals surface area (Å²) in [5.74, 6) is 0. The first kappa shape index (κ1) is 13.6. The van der Waals surface area contributed by atoms with Gasteiger partial charge in [-0.15, -0.1) is 0 Å². The molecule has 0 atom stereocenters. The zero-order valence-electron chi connectivity index (χ0n) is 11.8. The fraction of sp³-hybridized carbons (Fsp3) is 0.625. The Kier molecular flexibility index (Phi) is 5.21. The van der Waals surface area contributed by atoms with Crippen molar-refractivity contribution in [3.8, 4) is 0 Å². The van der Waals surface area contributed by atoms with Gasteiger partial charge in [-0.3, -0.25) is 0 Å². The third-order valence-corrected chi connectivity index (χ3v) is 3.55. The van der Waals surface area contributed by atoms with E-state index in [0.29, 0.717) is 0 Å². The highest BCUT2D eigenvalue weighted by molar-refractivity contribution is 5.21. The van der Waals surface area contributed by atoms with Crippen molar-refractivity contribution < 1.29 is 0 Å². The zero-order chi connectivity index (χ0) is 12.8. The Morgan fingerprint density at radius 2 is 1.89 bits per heavy atom. The minimum Gasteiger partial charge on any atom is -0.314 e. The van der Waals surface area contributed by atoms with E-state index >= 15 is 0 Å². The predicted octanol–water partition coefficient (Wildman–Crippen LogP) is 2.96. The van der Waals surface area contributed by atoms with Crippen LogP contribution in [0.2, 0.25) is 0 Å². The highest BCUT2D eigenvalue weighted by atomic mass is 15.1. The van der Waals surface area contributed by atoms with Crippen molar-refractivity contribution in [1.82, 2.24) is 10.2 Å². The third kappa shape index (κ3) is 5.19. The summed E-state index contributed by atoms with van der Waals surface area (Å²) in [7, 11) is 2.22. The number of rotatable bonds is 8. The van der Waals surface area contributed by atoms with Gasteiger partial charge >= 0.3 is 0 Å². The Hall–Kier alpha value is -0.860. The molecule has 2 rings (SSSR count). The molecular weight excluding hydrogens is 220 g/mol. The van der Waals surface area contributed by atoms with Crippen LogP contribution in [0.4, 0.5) is 0 Å². The van der Waals surface area contributed by atoms with Gasteiger partial charge in [-0.25, -0.2) is 0 Å². The van der Waals surface area contributed by atoms with Crippen LogP contribution >= 0.6 is 0 Å². The smallest absolute Gasteiger partial charge is 0.0230 e. The molecule has 1 N–H and O–H groups in total. The van der Waals surface area contributed by atoms with E-state index in [2.05, 4.69) is 48.5 Å². The first-order valence-electron chi connectivity index (χ1n) is 7.21. The molecule has 2 nitrogen and oxygen atoms in total. The molecule has 0 bridgehead atoms. The highest BCUT2D eigenvalue weighted by Gasteiger charge is 2.19. The monoisotopic (exact) mass is 246 g/mol. The molecule has 0 spiro atoms. The summed E-state index contributed by atoms with van der Waals surface area (Å²) in [6.07, 6.45) is 5.39. The van der Waals surface area contributed by atoms with Gasteiger partial charge in [-0.2, -0.15) is 0 Å². The van der Waals surface area contributed by atoms with Crippen LogP contribution in [0.3, 0.4) is 0 Å². The van der Waals surface area contributed by atoms with E-state index in [0.717, 1.165) is 12.6 Å². The SMILES string of the molecule is Cc1ccc(CN(C)CCCCNC2CC2)cc1. The molecule has 100 valence electrons. The van der Waals surface area contributed by atoms with E-state index in [-0.39, 0.29) is 0 Å². The molecule has 1 aliphatic rings. The maximum Gasteiger partial charge on any atom is 0.0230 e. The van der Waals surface area contributed by atoms with Crippen LogP contribution in [0.1, 0.15) is 36.8 Å². The first-order chi connectivity index (χ1) is 8.74. The van der Waals surface area contributed by atoms with Crippen LogP contribution in [0.15, 0.2) is 24.3 Å². The molecular formula is C16H26N2. The van der Waals surface area contributed by atoms with Crippen molar-refractivity contribution >= 4 is 0 Å². The van der Waals surface area contributed by atoms with Gasteiger partial charge in [0.2, 0.25) is 0 Å². The van der Waals surface area contributed by atoms with Crippen molar-refractivity contribution in [2.75, 3.05) is 20.1 Å². The summed E-state index contributed by atoms with van der Waals surface area (Å²) in [6.45, 7) is 5.60. The number of hydrogen-bond acceptors (Lipinski definition) is 2. The first-order valence-corrected chi connectivity index (χ1v) is 7.21. The second-order valence-electron chi connectivity index (χ2n) is 5.66. The fourth-order valence-corrected chi connectivity index (χ4v) is 2.18. The lowest BCUT2D eigenvalue weighted by Crippen LogP contribution is -2.22. The quantitative estimate of drug-likeness (QED) is 0.709.